The summed E-state index contributed by atoms with van der Waals surface area (Å²) in [6, 6.07) is 39.7. The van der Waals surface area contributed by atoms with Crippen molar-refractivity contribution < 1.29 is 0 Å². The molecular weight excluding hydrogens is 591 g/mol. The van der Waals surface area contributed by atoms with E-state index in [4.69, 9.17) is 0 Å². The van der Waals surface area contributed by atoms with E-state index in [0.29, 0.717) is 5.92 Å². The zero-order valence-corrected chi connectivity index (χ0v) is 29.8. The molecule has 0 saturated carbocycles. The summed E-state index contributed by atoms with van der Waals surface area (Å²) in [5.74, 6) is 0.598. The average molecular weight is 638 g/mol. The minimum Gasteiger partial charge on any atom is -0.309 e. The van der Waals surface area contributed by atoms with E-state index in [0.717, 1.165) is 12.8 Å². The second-order valence-electron chi connectivity index (χ2n) is 14.1. The maximum Gasteiger partial charge on any atom is 0.0547 e. The summed E-state index contributed by atoms with van der Waals surface area (Å²) in [7, 11) is 0. The lowest BCUT2D eigenvalue weighted by Gasteiger charge is -2.20. The van der Waals surface area contributed by atoms with E-state index in [9.17, 15) is 0 Å². The first-order chi connectivity index (χ1) is 23.8. The second-order valence-corrected chi connectivity index (χ2v) is 14.1. The van der Waals surface area contributed by atoms with Crippen molar-refractivity contribution >= 4 is 33.0 Å². The number of fused-ring (bicyclic) bond motifs is 3. The van der Waals surface area contributed by atoms with Crippen LogP contribution in [0.5, 0.6) is 0 Å². The molecule has 0 saturated heterocycles. The summed E-state index contributed by atoms with van der Waals surface area (Å²) < 4.78 is 2.41. The molecule has 1 heteroatoms. The highest BCUT2D eigenvalue weighted by molar-refractivity contribution is 6.14. The molecule has 49 heavy (non-hydrogen) atoms. The molecule has 244 valence electrons. The molecule has 1 heterocycles. The number of rotatable bonds is 4. The van der Waals surface area contributed by atoms with Gasteiger partial charge >= 0.3 is 0 Å². The second kappa shape index (κ2) is 13.8. The number of nitrogens with zero attached hydrogens (tertiary/aromatic N) is 1. The number of aromatic nitrogens is 1. The largest absolute Gasteiger partial charge is 0.309 e. The molecule has 0 aliphatic heterocycles. The first-order valence-electron chi connectivity index (χ1n) is 17.8. The van der Waals surface area contributed by atoms with Crippen molar-refractivity contribution in [2.24, 2.45) is 5.92 Å². The van der Waals surface area contributed by atoms with Crippen LogP contribution in [-0.4, -0.2) is 4.57 Å². The molecular formula is C48H47N. The number of allylic oxidation sites excluding steroid dienone is 8. The minimum absolute atomic E-state index is 0.598. The van der Waals surface area contributed by atoms with E-state index in [-0.39, 0.29) is 0 Å². The molecule has 0 bridgehead atoms. The van der Waals surface area contributed by atoms with Crippen LogP contribution in [0.3, 0.4) is 0 Å². The van der Waals surface area contributed by atoms with Crippen LogP contribution in [0.4, 0.5) is 0 Å². The van der Waals surface area contributed by atoms with E-state index < -0.39 is 0 Å². The summed E-state index contributed by atoms with van der Waals surface area (Å²) in [6.45, 7) is 13.4. The van der Waals surface area contributed by atoms with E-state index in [2.05, 4.69) is 180 Å². The molecule has 2 aliphatic rings. The van der Waals surface area contributed by atoms with Gasteiger partial charge < -0.3 is 4.57 Å². The van der Waals surface area contributed by atoms with Crippen molar-refractivity contribution in [3.63, 3.8) is 0 Å². The van der Waals surface area contributed by atoms with Crippen molar-refractivity contribution in [3.8, 4) is 16.8 Å². The fourth-order valence-corrected chi connectivity index (χ4v) is 7.60. The Morgan fingerprint density at radius 3 is 2.00 bits per heavy atom. The SMILES string of the molecule is CC1=CC=C(c2cccc(C)c2-c2ccccc2C)CC1.CC1=CC=C(c2cccc3c2c2ccccc2n3-c2cccc(C)c2)CC1C. The van der Waals surface area contributed by atoms with Crippen LogP contribution in [0.2, 0.25) is 0 Å². The van der Waals surface area contributed by atoms with Gasteiger partial charge in [0.1, 0.15) is 0 Å². The Kier molecular flexibility index (Phi) is 9.11. The standard InChI is InChI=1S/C27H25N.C21H22/c1-18-8-6-9-22(16-18)28-25-12-5-4-10-24(25)27-23(11-7-13-26(27)28)21-15-14-19(2)20(3)17-21;1-15-11-13-18(14-12-15)20-10-6-8-17(3)21(20)19-9-5-4-7-16(19)2/h4-16,20H,17H2,1-3H3;4-11,13H,12,14H2,1-3H3. The van der Waals surface area contributed by atoms with Crippen LogP contribution >= 0.6 is 0 Å². The third kappa shape index (κ3) is 6.39. The average Bonchev–Trinajstić information content (AvgIpc) is 3.45. The van der Waals surface area contributed by atoms with Gasteiger partial charge in [-0.1, -0.05) is 127 Å². The van der Waals surface area contributed by atoms with E-state index in [1.165, 1.54) is 95.2 Å². The Balaban J connectivity index is 0.000000161. The van der Waals surface area contributed by atoms with Gasteiger partial charge in [-0.3, -0.25) is 0 Å². The molecule has 1 nitrogen and oxygen atoms in total. The smallest absolute Gasteiger partial charge is 0.0547 e. The van der Waals surface area contributed by atoms with Crippen LogP contribution in [0, 0.1) is 26.7 Å². The topological polar surface area (TPSA) is 4.93 Å². The molecule has 0 fully saturated rings. The molecule has 8 rings (SSSR count). The molecule has 1 unspecified atom stereocenters. The van der Waals surface area contributed by atoms with Crippen molar-refractivity contribution in [1.29, 1.82) is 0 Å². The lowest BCUT2D eigenvalue weighted by molar-refractivity contribution is 0.698. The van der Waals surface area contributed by atoms with Crippen LogP contribution < -0.4 is 0 Å². The zero-order chi connectivity index (χ0) is 34.1. The Hall–Kier alpha value is -5.14. The van der Waals surface area contributed by atoms with Crippen LogP contribution in [-0.2, 0) is 0 Å². The van der Waals surface area contributed by atoms with Gasteiger partial charge in [0, 0.05) is 16.5 Å². The third-order valence-electron chi connectivity index (χ3n) is 10.5. The van der Waals surface area contributed by atoms with Gasteiger partial charge in [-0.25, -0.2) is 0 Å². The Bertz CT molecular complexity index is 2320. The summed E-state index contributed by atoms with van der Waals surface area (Å²) in [5, 5.41) is 2.69. The Morgan fingerprint density at radius 2 is 1.22 bits per heavy atom. The molecule has 6 aromatic rings. The lowest BCUT2D eigenvalue weighted by Crippen LogP contribution is -2.03. The fraction of sp³-hybridized carbons (Fsp3) is 0.208. The first kappa shape index (κ1) is 32.4. The number of para-hydroxylation sites is 1. The number of aryl methyl sites for hydroxylation is 3. The summed E-state index contributed by atoms with van der Waals surface area (Å²) in [6.07, 6.45) is 12.6. The van der Waals surface area contributed by atoms with Crippen molar-refractivity contribution in [2.45, 2.75) is 60.8 Å². The van der Waals surface area contributed by atoms with Gasteiger partial charge in [-0.15, -0.1) is 0 Å². The highest BCUT2D eigenvalue weighted by Crippen LogP contribution is 2.40. The quantitative estimate of drug-likeness (QED) is 0.181. The first-order valence-corrected chi connectivity index (χ1v) is 17.8. The molecule has 5 aromatic carbocycles. The van der Waals surface area contributed by atoms with Crippen LogP contribution in [0.1, 0.15) is 67.9 Å². The zero-order valence-electron chi connectivity index (χ0n) is 29.8. The Labute approximate surface area is 292 Å². The van der Waals surface area contributed by atoms with Gasteiger partial charge in [-0.05, 0) is 134 Å². The van der Waals surface area contributed by atoms with Gasteiger partial charge in [-0.2, -0.15) is 0 Å². The summed E-state index contributed by atoms with van der Waals surface area (Å²) >= 11 is 0. The molecule has 2 aliphatic carbocycles. The molecule has 0 radical (unpaired) electrons. The van der Waals surface area contributed by atoms with Crippen molar-refractivity contribution in [2.75, 3.05) is 0 Å². The number of hydrogen-bond acceptors (Lipinski definition) is 0. The molecule has 0 amide bonds. The van der Waals surface area contributed by atoms with Crippen molar-refractivity contribution in [1.82, 2.24) is 4.57 Å². The third-order valence-corrected chi connectivity index (χ3v) is 10.5. The monoisotopic (exact) mass is 637 g/mol. The van der Waals surface area contributed by atoms with Gasteiger partial charge in [0.05, 0.1) is 11.0 Å². The van der Waals surface area contributed by atoms with Gasteiger partial charge in [0.15, 0.2) is 0 Å². The van der Waals surface area contributed by atoms with E-state index in [1.807, 2.05) is 0 Å². The van der Waals surface area contributed by atoms with Gasteiger partial charge in [0.2, 0.25) is 0 Å². The molecule has 1 atom stereocenters. The highest BCUT2D eigenvalue weighted by Gasteiger charge is 2.20. The predicted molar refractivity (Wildman–Crippen MR) is 213 cm³/mol. The number of hydrogen-bond donors (Lipinski definition) is 0. The maximum absolute atomic E-state index is 2.41. The van der Waals surface area contributed by atoms with Crippen LogP contribution in [0.15, 0.2) is 145 Å². The summed E-state index contributed by atoms with van der Waals surface area (Å²) in [4.78, 5) is 0. The predicted octanol–water partition coefficient (Wildman–Crippen LogP) is 13.6. The maximum atomic E-state index is 2.41. The lowest BCUT2D eigenvalue weighted by atomic mass is 9.85. The van der Waals surface area contributed by atoms with E-state index in [1.54, 1.807) is 0 Å². The Morgan fingerprint density at radius 1 is 0.551 bits per heavy atom. The van der Waals surface area contributed by atoms with E-state index >= 15 is 0 Å². The normalized spacial score (nSPS) is 16.0. The molecule has 1 aromatic heterocycles. The minimum atomic E-state index is 0.598. The van der Waals surface area contributed by atoms with Crippen LogP contribution in [0.25, 0.3) is 49.8 Å². The highest BCUT2D eigenvalue weighted by atomic mass is 15.0. The fourth-order valence-electron chi connectivity index (χ4n) is 7.60. The summed E-state index contributed by atoms with van der Waals surface area (Å²) in [5.41, 5.74) is 19.1. The van der Waals surface area contributed by atoms with Crippen molar-refractivity contribution in [3.05, 3.63) is 172 Å². The molecule has 0 spiro atoms. The number of benzene rings is 5. The van der Waals surface area contributed by atoms with Gasteiger partial charge in [0.25, 0.3) is 0 Å². The molecule has 0 N–H and O–H groups in total.